The minimum absolute atomic E-state index is 0. The lowest BCUT2D eigenvalue weighted by Gasteiger charge is -2.31. The molecule has 2 nitrogen and oxygen atoms in total. The van der Waals surface area contributed by atoms with Crippen LogP contribution in [0.15, 0.2) is 30.3 Å². The number of anilines is 2. The van der Waals surface area contributed by atoms with Gasteiger partial charge in [0.15, 0.2) is 0 Å². The minimum Gasteiger partial charge on any atom is -0.398 e. The van der Waals surface area contributed by atoms with E-state index < -0.39 is 0 Å². The highest BCUT2D eigenvalue weighted by Gasteiger charge is 2.18. The van der Waals surface area contributed by atoms with Crippen LogP contribution in [0, 0.1) is 19.7 Å². The smallest absolute Gasteiger partial charge is 0.123 e. The lowest BCUT2D eigenvalue weighted by atomic mass is 9.98. The molecule has 0 saturated heterocycles. The average molecular weight is 307 g/mol. The van der Waals surface area contributed by atoms with Gasteiger partial charge in [-0.15, -0.1) is 12.4 Å². The second-order valence-electron chi connectivity index (χ2n) is 5.58. The van der Waals surface area contributed by atoms with E-state index in [1.54, 1.807) is 12.1 Å². The molecule has 2 aromatic carbocycles. The van der Waals surface area contributed by atoms with Crippen molar-refractivity contribution >= 4 is 23.8 Å². The van der Waals surface area contributed by atoms with Gasteiger partial charge in [-0.1, -0.05) is 6.07 Å². The third kappa shape index (κ3) is 2.98. The van der Waals surface area contributed by atoms with Crippen molar-refractivity contribution in [3.8, 4) is 0 Å². The molecule has 0 radical (unpaired) electrons. The molecule has 2 N–H and O–H groups in total. The third-order valence-corrected chi connectivity index (χ3v) is 4.12. The van der Waals surface area contributed by atoms with Crippen molar-refractivity contribution < 1.29 is 4.39 Å². The van der Waals surface area contributed by atoms with Crippen LogP contribution >= 0.6 is 12.4 Å². The van der Waals surface area contributed by atoms with Crippen molar-refractivity contribution in [1.82, 2.24) is 0 Å². The minimum atomic E-state index is -0.142. The van der Waals surface area contributed by atoms with Crippen LogP contribution in [0.25, 0.3) is 0 Å². The van der Waals surface area contributed by atoms with Crippen LogP contribution < -0.4 is 10.6 Å². The van der Waals surface area contributed by atoms with E-state index in [-0.39, 0.29) is 18.2 Å². The van der Waals surface area contributed by atoms with Crippen molar-refractivity contribution in [1.29, 1.82) is 0 Å². The first-order chi connectivity index (χ1) is 9.54. The lowest BCUT2D eigenvalue weighted by molar-refractivity contribution is 0.619. The Hall–Kier alpha value is -1.74. The number of nitrogens with two attached hydrogens (primary N) is 1. The SMILES string of the molecule is Cc1cc(N2CCc3cc(F)ccc3C2)cc(C)c1N.Cl. The number of nitrogen functional groups attached to an aromatic ring is 1. The second kappa shape index (κ2) is 5.94. The standard InChI is InChI=1S/C17H19FN2.ClH/c1-11-7-16(8-12(2)17(11)19)20-6-5-13-9-15(18)4-3-14(13)10-20;/h3-4,7-9H,5-6,10,19H2,1-2H3;1H. The fourth-order valence-electron chi connectivity index (χ4n) is 2.88. The Morgan fingerprint density at radius 3 is 2.38 bits per heavy atom. The summed E-state index contributed by atoms with van der Waals surface area (Å²) in [6.07, 6.45) is 0.884. The summed E-state index contributed by atoms with van der Waals surface area (Å²) in [6.45, 7) is 5.83. The van der Waals surface area contributed by atoms with E-state index >= 15 is 0 Å². The summed E-state index contributed by atoms with van der Waals surface area (Å²) in [5, 5.41) is 0. The number of hydrogen-bond acceptors (Lipinski definition) is 2. The Morgan fingerprint density at radius 2 is 1.71 bits per heavy atom. The molecular formula is C17H20ClFN2. The van der Waals surface area contributed by atoms with Crippen LogP contribution in [0.2, 0.25) is 0 Å². The molecule has 0 aliphatic carbocycles. The summed E-state index contributed by atoms with van der Waals surface area (Å²) < 4.78 is 13.2. The van der Waals surface area contributed by atoms with Gasteiger partial charge in [0.2, 0.25) is 0 Å². The molecule has 0 fully saturated rings. The van der Waals surface area contributed by atoms with E-state index in [1.165, 1.54) is 11.3 Å². The fourth-order valence-corrected chi connectivity index (χ4v) is 2.88. The number of aryl methyl sites for hydroxylation is 2. The van der Waals surface area contributed by atoms with E-state index in [0.29, 0.717) is 0 Å². The maximum Gasteiger partial charge on any atom is 0.123 e. The molecule has 4 heteroatoms. The van der Waals surface area contributed by atoms with Crippen LogP contribution in [0.4, 0.5) is 15.8 Å². The lowest BCUT2D eigenvalue weighted by Crippen LogP contribution is -2.30. The zero-order valence-electron chi connectivity index (χ0n) is 12.3. The summed E-state index contributed by atoms with van der Waals surface area (Å²) in [5.74, 6) is -0.142. The molecule has 0 atom stereocenters. The first kappa shape index (κ1) is 15.6. The molecule has 112 valence electrons. The van der Waals surface area contributed by atoms with E-state index in [2.05, 4.69) is 17.0 Å². The Kier molecular flexibility index (Phi) is 4.43. The van der Waals surface area contributed by atoms with Gasteiger partial charge in [0.25, 0.3) is 0 Å². The third-order valence-electron chi connectivity index (χ3n) is 4.12. The summed E-state index contributed by atoms with van der Waals surface area (Å²) in [4.78, 5) is 2.33. The molecule has 0 bridgehead atoms. The van der Waals surface area contributed by atoms with Gasteiger partial charge in [-0.3, -0.25) is 0 Å². The quantitative estimate of drug-likeness (QED) is 0.807. The zero-order valence-corrected chi connectivity index (χ0v) is 13.1. The molecule has 3 rings (SSSR count). The van der Waals surface area contributed by atoms with E-state index in [9.17, 15) is 4.39 Å². The highest BCUT2D eigenvalue weighted by atomic mass is 35.5. The summed E-state index contributed by atoms with van der Waals surface area (Å²) in [6, 6.07) is 9.37. The Labute approximate surface area is 131 Å². The van der Waals surface area contributed by atoms with Gasteiger partial charge < -0.3 is 10.6 Å². The molecule has 1 heterocycles. The van der Waals surface area contributed by atoms with Gasteiger partial charge >= 0.3 is 0 Å². The van der Waals surface area contributed by atoms with Gasteiger partial charge in [0, 0.05) is 24.5 Å². The molecule has 21 heavy (non-hydrogen) atoms. The predicted molar refractivity (Wildman–Crippen MR) is 88.7 cm³/mol. The highest BCUT2D eigenvalue weighted by Crippen LogP contribution is 2.29. The normalized spacial score (nSPS) is 13.6. The summed E-state index contributed by atoms with van der Waals surface area (Å²) in [5.41, 5.74) is 12.7. The van der Waals surface area contributed by atoms with Crippen LogP contribution in [-0.2, 0) is 13.0 Å². The number of benzene rings is 2. The van der Waals surface area contributed by atoms with E-state index in [4.69, 9.17) is 5.73 Å². The van der Waals surface area contributed by atoms with Crippen molar-refractivity contribution in [2.75, 3.05) is 17.2 Å². The van der Waals surface area contributed by atoms with Gasteiger partial charge in [-0.25, -0.2) is 4.39 Å². The maximum absolute atomic E-state index is 13.2. The van der Waals surface area contributed by atoms with Crippen LogP contribution in [-0.4, -0.2) is 6.54 Å². The molecule has 1 aliphatic rings. The second-order valence-corrected chi connectivity index (χ2v) is 5.58. The Balaban J connectivity index is 0.00000161. The highest BCUT2D eigenvalue weighted by molar-refractivity contribution is 5.85. The summed E-state index contributed by atoms with van der Waals surface area (Å²) >= 11 is 0. The summed E-state index contributed by atoms with van der Waals surface area (Å²) in [7, 11) is 0. The Bertz CT molecular complexity index is 647. The van der Waals surface area contributed by atoms with Crippen molar-refractivity contribution in [3.05, 3.63) is 58.4 Å². The molecule has 0 spiro atoms. The number of fused-ring (bicyclic) bond motifs is 1. The molecule has 0 saturated carbocycles. The van der Waals surface area contributed by atoms with Crippen molar-refractivity contribution in [2.45, 2.75) is 26.8 Å². The first-order valence-corrected chi connectivity index (χ1v) is 6.93. The molecule has 0 amide bonds. The maximum atomic E-state index is 13.2. The molecule has 0 unspecified atom stereocenters. The van der Waals surface area contributed by atoms with Crippen LogP contribution in [0.3, 0.4) is 0 Å². The van der Waals surface area contributed by atoms with Crippen molar-refractivity contribution in [3.63, 3.8) is 0 Å². The number of rotatable bonds is 1. The van der Waals surface area contributed by atoms with E-state index in [0.717, 1.165) is 41.9 Å². The zero-order chi connectivity index (χ0) is 14.3. The molecule has 2 aromatic rings. The van der Waals surface area contributed by atoms with Crippen molar-refractivity contribution in [2.24, 2.45) is 0 Å². The van der Waals surface area contributed by atoms with Crippen LogP contribution in [0.1, 0.15) is 22.3 Å². The fraction of sp³-hybridized carbons (Fsp3) is 0.294. The van der Waals surface area contributed by atoms with Gasteiger partial charge in [0.05, 0.1) is 0 Å². The van der Waals surface area contributed by atoms with Gasteiger partial charge in [-0.2, -0.15) is 0 Å². The molecule has 1 aliphatic heterocycles. The monoisotopic (exact) mass is 306 g/mol. The predicted octanol–water partition coefficient (Wildman–Crippen LogP) is 4.01. The average Bonchev–Trinajstić information content (AvgIpc) is 2.43. The number of hydrogen-bond donors (Lipinski definition) is 1. The number of nitrogens with zero attached hydrogens (tertiary/aromatic N) is 1. The first-order valence-electron chi connectivity index (χ1n) is 6.93. The van der Waals surface area contributed by atoms with E-state index in [1.807, 2.05) is 19.9 Å². The van der Waals surface area contributed by atoms with Gasteiger partial charge in [-0.05, 0) is 66.8 Å². The Morgan fingerprint density at radius 1 is 1.05 bits per heavy atom. The topological polar surface area (TPSA) is 29.3 Å². The largest absolute Gasteiger partial charge is 0.398 e. The molecular weight excluding hydrogens is 287 g/mol. The van der Waals surface area contributed by atoms with Gasteiger partial charge in [0.1, 0.15) is 5.82 Å². The van der Waals surface area contributed by atoms with Crippen LogP contribution in [0.5, 0.6) is 0 Å². The molecule has 0 aromatic heterocycles. The number of halogens is 2.